The molecule has 98 valence electrons. The number of halogens is 5. The van der Waals surface area contributed by atoms with Crippen LogP contribution in [-0.2, 0) is 11.0 Å². The van der Waals surface area contributed by atoms with Gasteiger partial charge >= 0.3 is 6.18 Å². The van der Waals surface area contributed by atoms with E-state index in [0.29, 0.717) is 6.54 Å². The maximum Gasteiger partial charge on any atom is 0.416 e. The Labute approximate surface area is 115 Å². The summed E-state index contributed by atoms with van der Waals surface area (Å²) in [6, 6.07) is 3.14. The molecule has 7 heteroatoms. The molecule has 0 spiro atoms. The number of hydrogen-bond donors (Lipinski definition) is 0. The van der Waals surface area contributed by atoms with Gasteiger partial charge in [0.25, 0.3) is 0 Å². The minimum Gasteiger partial charge on any atom is -0.311 e. The predicted octanol–water partition coefficient (Wildman–Crippen LogP) is 3.86. The Balaban J connectivity index is 2.40. The fraction of sp³-hybridized carbons (Fsp3) is 0.364. The van der Waals surface area contributed by atoms with Gasteiger partial charge in [0, 0.05) is 28.5 Å². The molecule has 1 unspecified atom stereocenters. The Morgan fingerprint density at radius 1 is 1.33 bits per heavy atom. The summed E-state index contributed by atoms with van der Waals surface area (Å²) in [5.74, 6) is -0.215. The van der Waals surface area contributed by atoms with Crippen molar-refractivity contribution in [3.63, 3.8) is 0 Å². The molecule has 0 radical (unpaired) electrons. The van der Waals surface area contributed by atoms with Gasteiger partial charge in [0.05, 0.1) is 5.56 Å². The number of anilines is 1. The Bertz CT molecular complexity index is 492. The molecule has 1 aromatic carbocycles. The second kappa shape index (κ2) is 4.74. The number of hydrogen-bond acceptors (Lipinski definition) is 1. The van der Waals surface area contributed by atoms with Crippen LogP contribution in [0.2, 0.25) is 5.02 Å². The van der Waals surface area contributed by atoms with Gasteiger partial charge in [-0.15, -0.1) is 0 Å². The fourth-order valence-corrected chi connectivity index (χ4v) is 2.60. The molecule has 0 bridgehead atoms. The van der Waals surface area contributed by atoms with E-state index < -0.39 is 11.7 Å². The Kier molecular flexibility index (Phi) is 3.60. The van der Waals surface area contributed by atoms with Crippen LogP contribution in [0.4, 0.5) is 18.9 Å². The monoisotopic (exact) mass is 341 g/mol. The second-order valence-corrected chi connectivity index (χ2v) is 5.73. The van der Waals surface area contributed by atoms with E-state index in [1.165, 1.54) is 11.0 Å². The summed E-state index contributed by atoms with van der Waals surface area (Å²) < 4.78 is 37.9. The molecule has 2 nitrogen and oxygen atoms in total. The zero-order valence-electron chi connectivity index (χ0n) is 8.97. The number of nitrogens with zero attached hydrogens (tertiary/aromatic N) is 1. The van der Waals surface area contributed by atoms with E-state index in [2.05, 4.69) is 15.9 Å². The molecular formula is C11H8BrClF3NO. The first-order valence-electron chi connectivity index (χ1n) is 5.09. The van der Waals surface area contributed by atoms with Gasteiger partial charge in [-0.25, -0.2) is 0 Å². The number of carbonyl (C=O) groups is 1. The first-order chi connectivity index (χ1) is 8.27. The van der Waals surface area contributed by atoms with Gasteiger partial charge < -0.3 is 4.90 Å². The lowest BCUT2D eigenvalue weighted by Crippen LogP contribution is -2.25. The van der Waals surface area contributed by atoms with E-state index >= 15 is 0 Å². The Morgan fingerprint density at radius 2 is 2.00 bits per heavy atom. The van der Waals surface area contributed by atoms with Gasteiger partial charge in [0.2, 0.25) is 5.91 Å². The average molecular weight is 343 g/mol. The van der Waals surface area contributed by atoms with Crippen LogP contribution in [0.1, 0.15) is 12.0 Å². The van der Waals surface area contributed by atoms with E-state index in [1.807, 2.05) is 0 Å². The Hall–Kier alpha value is -0.750. The van der Waals surface area contributed by atoms with Gasteiger partial charge in [-0.2, -0.15) is 13.2 Å². The van der Waals surface area contributed by atoms with Crippen LogP contribution in [0.3, 0.4) is 0 Å². The SMILES string of the molecule is O=C1CC(Br)CN1c1cc(Cl)cc(C(F)(F)F)c1. The van der Waals surface area contributed by atoms with Crippen molar-refractivity contribution in [3.8, 4) is 0 Å². The third-order valence-electron chi connectivity index (χ3n) is 2.60. The highest BCUT2D eigenvalue weighted by molar-refractivity contribution is 9.09. The molecule has 1 heterocycles. The lowest BCUT2D eigenvalue weighted by molar-refractivity contribution is -0.137. The molecule has 0 N–H and O–H groups in total. The normalized spacial score (nSPS) is 20.6. The molecule has 18 heavy (non-hydrogen) atoms. The standard InChI is InChI=1S/C11H8BrClF3NO/c12-7-3-10(18)17(5-7)9-2-6(11(14,15)16)1-8(13)4-9/h1-2,4,7H,3,5H2. The summed E-state index contributed by atoms with van der Waals surface area (Å²) in [6.45, 7) is 0.344. The quantitative estimate of drug-likeness (QED) is 0.710. The third kappa shape index (κ3) is 2.80. The van der Waals surface area contributed by atoms with Crippen molar-refractivity contribution in [2.24, 2.45) is 0 Å². The molecule has 2 rings (SSSR count). The topological polar surface area (TPSA) is 20.3 Å². The molecule has 0 aromatic heterocycles. The van der Waals surface area contributed by atoms with Gasteiger partial charge in [-0.1, -0.05) is 27.5 Å². The lowest BCUT2D eigenvalue weighted by atomic mass is 10.2. The van der Waals surface area contributed by atoms with Crippen molar-refractivity contribution in [1.29, 1.82) is 0 Å². The number of alkyl halides is 4. The van der Waals surface area contributed by atoms with Crippen LogP contribution in [0.25, 0.3) is 0 Å². The third-order valence-corrected chi connectivity index (χ3v) is 3.43. The predicted molar refractivity (Wildman–Crippen MR) is 66.1 cm³/mol. The highest BCUT2D eigenvalue weighted by Gasteiger charge is 2.34. The maximum absolute atomic E-state index is 12.6. The molecule has 1 aliphatic rings. The second-order valence-electron chi connectivity index (χ2n) is 4.00. The molecular weight excluding hydrogens is 334 g/mol. The minimum atomic E-state index is -4.48. The summed E-state index contributed by atoms with van der Waals surface area (Å²) in [6.07, 6.45) is -4.20. The van der Waals surface area contributed by atoms with Crippen molar-refractivity contribution in [2.45, 2.75) is 17.4 Å². The molecule has 0 aliphatic carbocycles. The van der Waals surface area contributed by atoms with Crippen LogP contribution < -0.4 is 4.90 Å². The molecule has 1 saturated heterocycles. The highest BCUT2D eigenvalue weighted by atomic mass is 79.9. The first-order valence-corrected chi connectivity index (χ1v) is 6.39. The van der Waals surface area contributed by atoms with Crippen LogP contribution in [0, 0.1) is 0 Å². The maximum atomic E-state index is 12.6. The summed E-state index contributed by atoms with van der Waals surface area (Å²) in [5.41, 5.74) is -0.669. The van der Waals surface area contributed by atoms with Crippen LogP contribution >= 0.6 is 27.5 Å². The summed E-state index contributed by atoms with van der Waals surface area (Å²) >= 11 is 8.94. The summed E-state index contributed by atoms with van der Waals surface area (Å²) in [5, 5.41) is -0.0364. The van der Waals surface area contributed by atoms with Gasteiger partial charge in [0.1, 0.15) is 0 Å². The molecule has 1 amide bonds. The number of amides is 1. The number of rotatable bonds is 1. The van der Waals surface area contributed by atoms with Crippen molar-refractivity contribution >= 4 is 39.1 Å². The zero-order chi connectivity index (χ0) is 13.5. The average Bonchev–Trinajstić information content (AvgIpc) is 2.55. The lowest BCUT2D eigenvalue weighted by Gasteiger charge is -2.18. The van der Waals surface area contributed by atoms with Crippen LogP contribution in [0.5, 0.6) is 0 Å². The minimum absolute atomic E-state index is 0.0364. The van der Waals surface area contributed by atoms with Crippen molar-refractivity contribution in [2.75, 3.05) is 11.4 Å². The molecule has 1 fully saturated rings. The van der Waals surface area contributed by atoms with Crippen LogP contribution in [-0.4, -0.2) is 17.3 Å². The highest BCUT2D eigenvalue weighted by Crippen LogP contribution is 2.35. The molecule has 1 aromatic rings. The van der Waals surface area contributed by atoms with Crippen molar-refractivity contribution in [3.05, 3.63) is 28.8 Å². The number of carbonyl (C=O) groups excluding carboxylic acids is 1. The number of benzene rings is 1. The van der Waals surface area contributed by atoms with E-state index in [1.54, 1.807) is 0 Å². The summed E-state index contributed by atoms with van der Waals surface area (Å²) in [4.78, 5) is 12.9. The van der Waals surface area contributed by atoms with Crippen molar-refractivity contribution < 1.29 is 18.0 Å². The van der Waals surface area contributed by atoms with Gasteiger partial charge in [-0.05, 0) is 18.2 Å². The largest absolute Gasteiger partial charge is 0.416 e. The smallest absolute Gasteiger partial charge is 0.311 e. The zero-order valence-corrected chi connectivity index (χ0v) is 11.3. The van der Waals surface area contributed by atoms with Gasteiger partial charge in [0.15, 0.2) is 0 Å². The van der Waals surface area contributed by atoms with Crippen LogP contribution in [0.15, 0.2) is 18.2 Å². The molecule has 0 saturated carbocycles. The van der Waals surface area contributed by atoms with E-state index in [-0.39, 0.29) is 27.9 Å². The van der Waals surface area contributed by atoms with E-state index in [0.717, 1.165) is 12.1 Å². The molecule has 1 atom stereocenters. The van der Waals surface area contributed by atoms with E-state index in [9.17, 15) is 18.0 Å². The fourth-order valence-electron chi connectivity index (χ4n) is 1.81. The first kappa shape index (κ1) is 13.7. The van der Waals surface area contributed by atoms with Crippen molar-refractivity contribution in [1.82, 2.24) is 0 Å². The van der Waals surface area contributed by atoms with E-state index in [4.69, 9.17) is 11.6 Å². The Morgan fingerprint density at radius 3 is 2.50 bits per heavy atom. The molecule has 1 aliphatic heterocycles. The van der Waals surface area contributed by atoms with Gasteiger partial charge in [-0.3, -0.25) is 4.79 Å². The summed E-state index contributed by atoms with van der Waals surface area (Å²) in [7, 11) is 0.